The molecule has 1 saturated heterocycles. The lowest BCUT2D eigenvalue weighted by atomic mass is 9.89. The number of likely N-dealkylation sites (tertiary alicyclic amines) is 1. The molecule has 4 nitrogen and oxygen atoms in total. The molecule has 17 heavy (non-hydrogen) atoms. The summed E-state index contributed by atoms with van der Waals surface area (Å²) in [5.41, 5.74) is 5.63. The fourth-order valence-corrected chi connectivity index (χ4v) is 2.17. The van der Waals surface area contributed by atoms with Crippen LogP contribution in [-0.4, -0.2) is 35.7 Å². The van der Waals surface area contributed by atoms with Crippen LogP contribution in [-0.2, 0) is 4.74 Å². The molecule has 1 heterocycles. The number of carbonyl (C=O) groups excluding carboxylic acids is 1. The van der Waals surface area contributed by atoms with Gasteiger partial charge in [0.2, 0.25) is 0 Å². The Morgan fingerprint density at radius 1 is 1.41 bits per heavy atom. The minimum atomic E-state index is -0.409. The number of nitrogens with two attached hydrogens (primary N) is 1. The van der Waals surface area contributed by atoms with E-state index in [9.17, 15) is 4.79 Å². The van der Waals surface area contributed by atoms with E-state index in [4.69, 9.17) is 10.5 Å². The lowest BCUT2D eigenvalue weighted by molar-refractivity contribution is 0.0174. The summed E-state index contributed by atoms with van der Waals surface area (Å²) < 4.78 is 5.35. The molecule has 1 aliphatic rings. The zero-order chi connectivity index (χ0) is 13.1. The predicted octanol–water partition coefficient (Wildman–Crippen LogP) is 2.37. The van der Waals surface area contributed by atoms with Gasteiger partial charge < -0.3 is 15.4 Å². The SMILES string of the molecule is CC[C@@H](N)C1CCN(C(=O)OC(C)(C)C)CC1. The molecule has 0 radical (unpaired) electrons. The third-order valence-corrected chi connectivity index (χ3v) is 3.27. The summed E-state index contributed by atoms with van der Waals surface area (Å²) in [4.78, 5) is 13.6. The smallest absolute Gasteiger partial charge is 0.410 e. The fourth-order valence-electron chi connectivity index (χ4n) is 2.17. The van der Waals surface area contributed by atoms with Crippen molar-refractivity contribution in [3.63, 3.8) is 0 Å². The van der Waals surface area contributed by atoms with Gasteiger partial charge in [0, 0.05) is 19.1 Å². The van der Waals surface area contributed by atoms with E-state index in [1.165, 1.54) is 0 Å². The average molecular weight is 242 g/mol. The minimum Gasteiger partial charge on any atom is -0.444 e. The summed E-state index contributed by atoms with van der Waals surface area (Å²) in [5, 5.41) is 0. The molecule has 0 aromatic heterocycles. The van der Waals surface area contributed by atoms with Gasteiger partial charge in [0.05, 0.1) is 0 Å². The van der Waals surface area contributed by atoms with E-state index in [-0.39, 0.29) is 12.1 Å². The van der Waals surface area contributed by atoms with E-state index < -0.39 is 5.60 Å². The summed E-state index contributed by atoms with van der Waals surface area (Å²) in [6, 6.07) is 0.274. The van der Waals surface area contributed by atoms with Gasteiger partial charge in [0.25, 0.3) is 0 Å². The Bertz CT molecular complexity index is 253. The third-order valence-electron chi connectivity index (χ3n) is 3.27. The van der Waals surface area contributed by atoms with E-state index in [0.29, 0.717) is 5.92 Å². The predicted molar refractivity (Wildman–Crippen MR) is 68.8 cm³/mol. The topological polar surface area (TPSA) is 55.6 Å². The number of nitrogens with zero attached hydrogens (tertiary/aromatic N) is 1. The van der Waals surface area contributed by atoms with Gasteiger partial charge in [0.15, 0.2) is 0 Å². The lowest BCUT2D eigenvalue weighted by Crippen LogP contribution is -2.45. The average Bonchev–Trinajstić information content (AvgIpc) is 2.26. The lowest BCUT2D eigenvalue weighted by Gasteiger charge is -2.35. The summed E-state index contributed by atoms with van der Waals surface area (Å²) in [5.74, 6) is 0.554. The Kier molecular flexibility index (Phi) is 4.80. The normalized spacial score (nSPS) is 20.2. The maximum atomic E-state index is 11.8. The highest BCUT2D eigenvalue weighted by atomic mass is 16.6. The van der Waals surface area contributed by atoms with Crippen molar-refractivity contribution in [3.8, 4) is 0 Å². The van der Waals surface area contributed by atoms with Gasteiger partial charge in [-0.05, 0) is 46.0 Å². The molecule has 2 N–H and O–H groups in total. The highest BCUT2D eigenvalue weighted by Crippen LogP contribution is 2.22. The quantitative estimate of drug-likeness (QED) is 0.808. The van der Waals surface area contributed by atoms with Gasteiger partial charge >= 0.3 is 6.09 Å². The number of hydrogen-bond donors (Lipinski definition) is 1. The second kappa shape index (κ2) is 5.71. The number of hydrogen-bond acceptors (Lipinski definition) is 3. The van der Waals surface area contributed by atoms with Gasteiger partial charge in [-0.1, -0.05) is 6.92 Å². The number of carbonyl (C=O) groups is 1. The van der Waals surface area contributed by atoms with E-state index >= 15 is 0 Å². The van der Waals surface area contributed by atoms with Crippen molar-refractivity contribution >= 4 is 6.09 Å². The molecule has 0 saturated carbocycles. The number of ether oxygens (including phenoxy) is 1. The van der Waals surface area contributed by atoms with Gasteiger partial charge in [-0.25, -0.2) is 4.79 Å². The highest BCUT2D eigenvalue weighted by molar-refractivity contribution is 5.68. The first kappa shape index (κ1) is 14.3. The molecule has 1 fully saturated rings. The van der Waals surface area contributed by atoms with Crippen molar-refractivity contribution < 1.29 is 9.53 Å². The monoisotopic (exact) mass is 242 g/mol. The van der Waals surface area contributed by atoms with Crippen LogP contribution in [0.5, 0.6) is 0 Å². The van der Waals surface area contributed by atoms with E-state index in [1.807, 2.05) is 20.8 Å². The maximum Gasteiger partial charge on any atom is 0.410 e. The van der Waals surface area contributed by atoms with Crippen molar-refractivity contribution in [2.75, 3.05) is 13.1 Å². The molecule has 0 unspecified atom stereocenters. The molecule has 1 rings (SSSR count). The summed E-state index contributed by atoms with van der Waals surface area (Å²) in [6.07, 6.45) is 2.81. The molecule has 0 spiro atoms. The molecule has 0 aromatic carbocycles. The van der Waals surface area contributed by atoms with Gasteiger partial charge in [-0.2, -0.15) is 0 Å². The first-order chi connectivity index (χ1) is 7.83. The zero-order valence-electron chi connectivity index (χ0n) is 11.5. The Hall–Kier alpha value is -0.770. The van der Waals surface area contributed by atoms with Gasteiger partial charge in [-0.15, -0.1) is 0 Å². The van der Waals surface area contributed by atoms with Crippen LogP contribution in [0, 0.1) is 5.92 Å². The second-order valence-electron chi connectivity index (χ2n) is 5.88. The van der Waals surface area contributed by atoms with E-state index in [2.05, 4.69) is 6.92 Å². The largest absolute Gasteiger partial charge is 0.444 e. The van der Waals surface area contributed by atoms with Crippen LogP contribution in [0.25, 0.3) is 0 Å². The van der Waals surface area contributed by atoms with E-state index in [1.54, 1.807) is 4.90 Å². The van der Waals surface area contributed by atoms with Crippen LogP contribution in [0.1, 0.15) is 47.0 Å². The van der Waals surface area contributed by atoms with Crippen molar-refractivity contribution in [2.45, 2.75) is 58.6 Å². The van der Waals surface area contributed by atoms with Gasteiger partial charge in [0.1, 0.15) is 5.60 Å². The van der Waals surface area contributed by atoms with Crippen LogP contribution < -0.4 is 5.73 Å². The van der Waals surface area contributed by atoms with E-state index in [0.717, 1.165) is 32.4 Å². The van der Waals surface area contributed by atoms with Crippen LogP contribution in [0.2, 0.25) is 0 Å². The minimum absolute atomic E-state index is 0.194. The Morgan fingerprint density at radius 3 is 2.35 bits per heavy atom. The Labute approximate surface area is 104 Å². The number of amides is 1. The zero-order valence-corrected chi connectivity index (χ0v) is 11.5. The van der Waals surface area contributed by atoms with Crippen molar-refractivity contribution in [2.24, 2.45) is 11.7 Å². The standard InChI is InChI=1S/C13H26N2O2/c1-5-11(14)10-6-8-15(9-7-10)12(16)17-13(2,3)4/h10-11H,5-9,14H2,1-4H3/t11-/m1/s1. The van der Waals surface area contributed by atoms with Crippen molar-refractivity contribution in [1.29, 1.82) is 0 Å². The summed E-state index contributed by atoms with van der Waals surface area (Å²) >= 11 is 0. The molecule has 1 atom stereocenters. The molecule has 0 aromatic rings. The van der Waals surface area contributed by atoms with Crippen LogP contribution >= 0.6 is 0 Å². The molecular weight excluding hydrogens is 216 g/mol. The second-order valence-corrected chi connectivity index (χ2v) is 5.88. The molecular formula is C13H26N2O2. The molecule has 100 valence electrons. The Balaban J connectivity index is 2.39. The first-order valence-corrected chi connectivity index (χ1v) is 6.57. The highest BCUT2D eigenvalue weighted by Gasteiger charge is 2.28. The van der Waals surface area contributed by atoms with Gasteiger partial charge in [-0.3, -0.25) is 0 Å². The molecule has 1 aliphatic heterocycles. The first-order valence-electron chi connectivity index (χ1n) is 6.57. The number of rotatable bonds is 2. The Morgan fingerprint density at radius 2 is 1.94 bits per heavy atom. The van der Waals surface area contributed by atoms with Crippen molar-refractivity contribution in [1.82, 2.24) is 4.90 Å². The van der Waals surface area contributed by atoms with Crippen molar-refractivity contribution in [3.05, 3.63) is 0 Å². The summed E-state index contributed by atoms with van der Waals surface area (Å²) in [6.45, 7) is 9.34. The summed E-state index contributed by atoms with van der Waals surface area (Å²) in [7, 11) is 0. The molecule has 4 heteroatoms. The third kappa shape index (κ3) is 4.54. The number of piperidine rings is 1. The fraction of sp³-hybridized carbons (Fsp3) is 0.923. The van der Waals surface area contributed by atoms with Crippen LogP contribution in [0.3, 0.4) is 0 Å². The van der Waals surface area contributed by atoms with Crippen LogP contribution in [0.4, 0.5) is 4.79 Å². The maximum absolute atomic E-state index is 11.8. The van der Waals surface area contributed by atoms with Crippen LogP contribution in [0.15, 0.2) is 0 Å². The molecule has 0 aliphatic carbocycles. The molecule has 0 bridgehead atoms. The molecule has 1 amide bonds.